The first-order valence-corrected chi connectivity index (χ1v) is 9.28. The van der Waals surface area contributed by atoms with Crippen molar-refractivity contribution in [2.45, 2.75) is 39.9 Å². The van der Waals surface area contributed by atoms with Crippen molar-refractivity contribution in [3.8, 4) is 0 Å². The molecule has 3 rings (SSSR count). The highest BCUT2D eigenvalue weighted by Gasteiger charge is 2.33. The zero-order valence-electron chi connectivity index (χ0n) is 15.7. The van der Waals surface area contributed by atoms with E-state index in [0.717, 1.165) is 19.6 Å². The normalized spacial score (nSPS) is 18.5. The van der Waals surface area contributed by atoms with E-state index in [4.69, 9.17) is 0 Å². The summed E-state index contributed by atoms with van der Waals surface area (Å²) in [6, 6.07) is 7.01. The number of benzene rings is 1. The van der Waals surface area contributed by atoms with Crippen molar-refractivity contribution in [2.75, 3.05) is 19.6 Å². The van der Waals surface area contributed by atoms with E-state index >= 15 is 0 Å². The van der Waals surface area contributed by atoms with Gasteiger partial charge in [-0.1, -0.05) is 32.0 Å². The number of carbonyl (C=O) groups is 1. The lowest BCUT2D eigenvalue weighted by Gasteiger charge is -2.43. The SMILES string of the molecule is CCn1cc(C(=O)N2CCN(Cc3ccccc3F)C[C@@H]2C(C)C)cn1. The maximum Gasteiger partial charge on any atom is 0.257 e. The standard InChI is InChI=1S/C20H27FN4O/c1-4-24-13-17(11-22-24)20(26)25-10-9-23(14-19(25)15(2)3)12-16-7-5-6-8-18(16)21/h5-8,11,13,15,19H,4,9-10,12,14H2,1-3H3/t19-/m1/s1. The quantitative estimate of drug-likeness (QED) is 0.825. The average molecular weight is 358 g/mol. The van der Waals surface area contributed by atoms with Gasteiger partial charge in [0.15, 0.2) is 0 Å². The van der Waals surface area contributed by atoms with Crippen LogP contribution >= 0.6 is 0 Å². The number of hydrogen-bond acceptors (Lipinski definition) is 3. The minimum Gasteiger partial charge on any atom is -0.333 e. The van der Waals surface area contributed by atoms with Crippen LogP contribution in [0.2, 0.25) is 0 Å². The fourth-order valence-corrected chi connectivity index (χ4v) is 3.52. The minimum atomic E-state index is -0.168. The maximum atomic E-state index is 14.0. The number of halogens is 1. The van der Waals surface area contributed by atoms with Crippen LogP contribution in [0.25, 0.3) is 0 Å². The van der Waals surface area contributed by atoms with Gasteiger partial charge in [0.1, 0.15) is 5.82 Å². The van der Waals surface area contributed by atoms with Crippen molar-refractivity contribution in [3.05, 3.63) is 53.6 Å². The Kier molecular flexibility index (Phi) is 5.71. The number of piperazine rings is 1. The van der Waals surface area contributed by atoms with E-state index in [1.807, 2.05) is 30.2 Å². The van der Waals surface area contributed by atoms with Crippen LogP contribution in [0.5, 0.6) is 0 Å². The molecule has 1 aliphatic heterocycles. The fraction of sp³-hybridized carbons (Fsp3) is 0.500. The summed E-state index contributed by atoms with van der Waals surface area (Å²) in [6.07, 6.45) is 3.46. The molecule has 2 aromatic rings. The molecule has 0 bridgehead atoms. The number of aromatic nitrogens is 2. The smallest absolute Gasteiger partial charge is 0.257 e. The molecular formula is C20H27FN4O. The number of rotatable bonds is 5. The summed E-state index contributed by atoms with van der Waals surface area (Å²) < 4.78 is 15.7. The number of carbonyl (C=O) groups excluding carboxylic acids is 1. The molecule has 5 nitrogen and oxygen atoms in total. The summed E-state index contributed by atoms with van der Waals surface area (Å²) in [7, 11) is 0. The van der Waals surface area contributed by atoms with Gasteiger partial charge in [0.2, 0.25) is 0 Å². The predicted molar refractivity (Wildman–Crippen MR) is 99.2 cm³/mol. The Morgan fingerprint density at radius 1 is 1.31 bits per heavy atom. The zero-order valence-corrected chi connectivity index (χ0v) is 15.7. The van der Waals surface area contributed by atoms with Gasteiger partial charge in [-0.3, -0.25) is 14.4 Å². The molecule has 0 N–H and O–H groups in total. The van der Waals surface area contributed by atoms with Crippen molar-refractivity contribution in [3.63, 3.8) is 0 Å². The molecule has 0 saturated carbocycles. The second-order valence-electron chi connectivity index (χ2n) is 7.22. The Hall–Kier alpha value is -2.21. The van der Waals surface area contributed by atoms with Gasteiger partial charge in [-0.05, 0) is 18.9 Å². The number of amides is 1. The highest BCUT2D eigenvalue weighted by atomic mass is 19.1. The van der Waals surface area contributed by atoms with Gasteiger partial charge >= 0.3 is 0 Å². The Bertz CT molecular complexity index is 758. The van der Waals surface area contributed by atoms with Gasteiger partial charge in [0.05, 0.1) is 11.8 Å². The molecule has 6 heteroatoms. The van der Waals surface area contributed by atoms with E-state index in [2.05, 4.69) is 23.8 Å². The van der Waals surface area contributed by atoms with E-state index in [-0.39, 0.29) is 17.8 Å². The molecule has 0 unspecified atom stereocenters. The summed E-state index contributed by atoms with van der Waals surface area (Å²) in [5.74, 6) is 0.191. The lowest BCUT2D eigenvalue weighted by molar-refractivity contribution is 0.0326. The van der Waals surface area contributed by atoms with Gasteiger partial charge in [0.25, 0.3) is 5.91 Å². The summed E-state index contributed by atoms with van der Waals surface area (Å²) in [5.41, 5.74) is 1.35. The van der Waals surface area contributed by atoms with Gasteiger partial charge in [-0.25, -0.2) is 4.39 Å². The summed E-state index contributed by atoms with van der Waals surface area (Å²) in [4.78, 5) is 17.2. The maximum absolute atomic E-state index is 14.0. The van der Waals surface area contributed by atoms with E-state index in [9.17, 15) is 9.18 Å². The molecule has 1 aromatic heterocycles. The second kappa shape index (κ2) is 7.99. The molecule has 1 atom stereocenters. The highest BCUT2D eigenvalue weighted by molar-refractivity contribution is 5.94. The van der Waals surface area contributed by atoms with Crippen LogP contribution in [0.4, 0.5) is 4.39 Å². The monoisotopic (exact) mass is 358 g/mol. The molecule has 0 radical (unpaired) electrons. The number of hydrogen-bond donors (Lipinski definition) is 0. The third kappa shape index (κ3) is 3.96. The number of nitrogens with zero attached hydrogens (tertiary/aromatic N) is 4. The van der Waals surface area contributed by atoms with Crippen molar-refractivity contribution in [2.24, 2.45) is 5.92 Å². The summed E-state index contributed by atoms with van der Waals surface area (Å²) in [5, 5.41) is 4.22. The second-order valence-corrected chi connectivity index (χ2v) is 7.22. The molecule has 26 heavy (non-hydrogen) atoms. The van der Waals surface area contributed by atoms with Crippen molar-refractivity contribution in [1.29, 1.82) is 0 Å². The largest absolute Gasteiger partial charge is 0.333 e. The highest BCUT2D eigenvalue weighted by Crippen LogP contribution is 2.22. The fourth-order valence-electron chi connectivity index (χ4n) is 3.52. The lowest BCUT2D eigenvalue weighted by atomic mass is 9.98. The van der Waals surface area contributed by atoms with Crippen LogP contribution in [-0.4, -0.2) is 51.2 Å². The average Bonchev–Trinajstić information content (AvgIpc) is 3.12. The van der Waals surface area contributed by atoms with E-state index < -0.39 is 0 Å². The lowest BCUT2D eigenvalue weighted by Crippen LogP contribution is -2.56. The van der Waals surface area contributed by atoms with Crippen molar-refractivity contribution < 1.29 is 9.18 Å². The third-order valence-electron chi connectivity index (χ3n) is 5.09. The molecule has 140 valence electrons. The Morgan fingerprint density at radius 2 is 2.08 bits per heavy atom. The predicted octanol–water partition coefficient (Wildman–Crippen LogP) is 3.02. The van der Waals surface area contributed by atoms with Crippen LogP contribution in [0.3, 0.4) is 0 Å². The topological polar surface area (TPSA) is 41.4 Å². The molecule has 1 fully saturated rings. The Morgan fingerprint density at radius 3 is 2.73 bits per heavy atom. The van der Waals surface area contributed by atoms with Gasteiger partial charge in [-0.15, -0.1) is 0 Å². The van der Waals surface area contributed by atoms with Gasteiger partial charge in [0, 0.05) is 50.5 Å². The zero-order chi connectivity index (χ0) is 18.7. The van der Waals surface area contributed by atoms with Crippen LogP contribution < -0.4 is 0 Å². The molecule has 2 heterocycles. The minimum absolute atomic E-state index is 0.0361. The van der Waals surface area contributed by atoms with Crippen LogP contribution in [0.15, 0.2) is 36.7 Å². The van der Waals surface area contributed by atoms with Crippen molar-refractivity contribution in [1.82, 2.24) is 19.6 Å². The van der Waals surface area contributed by atoms with E-state index in [0.29, 0.717) is 30.1 Å². The summed E-state index contributed by atoms with van der Waals surface area (Å²) >= 11 is 0. The molecule has 0 aliphatic carbocycles. The first-order chi connectivity index (χ1) is 12.5. The van der Waals surface area contributed by atoms with E-state index in [1.165, 1.54) is 6.07 Å². The molecule has 1 amide bonds. The van der Waals surface area contributed by atoms with Crippen LogP contribution in [0.1, 0.15) is 36.7 Å². The Labute approximate surface area is 154 Å². The van der Waals surface area contributed by atoms with E-state index in [1.54, 1.807) is 16.9 Å². The summed E-state index contributed by atoms with van der Waals surface area (Å²) in [6.45, 7) is 9.72. The molecule has 1 aliphatic rings. The van der Waals surface area contributed by atoms with Crippen LogP contribution in [-0.2, 0) is 13.1 Å². The third-order valence-corrected chi connectivity index (χ3v) is 5.09. The molecule has 1 saturated heterocycles. The van der Waals surface area contributed by atoms with Crippen molar-refractivity contribution >= 4 is 5.91 Å². The molecule has 1 aromatic carbocycles. The number of aryl methyl sites for hydroxylation is 1. The first-order valence-electron chi connectivity index (χ1n) is 9.28. The van der Waals surface area contributed by atoms with Gasteiger partial charge < -0.3 is 4.90 Å². The molecular weight excluding hydrogens is 331 g/mol. The van der Waals surface area contributed by atoms with Gasteiger partial charge in [-0.2, -0.15) is 5.10 Å². The first kappa shape index (κ1) is 18.6. The Balaban J connectivity index is 1.72. The molecule has 0 spiro atoms. The van der Waals surface area contributed by atoms with Crippen LogP contribution in [0, 0.1) is 11.7 Å².